The minimum absolute atomic E-state index is 0.0367. The molecule has 1 atom stereocenters. The van der Waals surface area contributed by atoms with Crippen molar-refractivity contribution in [3.05, 3.63) is 47.0 Å². The molecule has 0 aromatic heterocycles. The number of ether oxygens (including phenoxy) is 2. The van der Waals surface area contributed by atoms with Crippen molar-refractivity contribution in [2.75, 3.05) is 18.5 Å². The Hall–Kier alpha value is -2.07. The lowest BCUT2D eigenvalue weighted by molar-refractivity contribution is 0.338. The summed E-state index contributed by atoms with van der Waals surface area (Å²) in [5.41, 5.74) is 1.93. The number of hydrogen-bond acceptors (Lipinski definition) is 4. The number of rotatable bonds is 4. The quantitative estimate of drug-likeness (QED) is 0.897. The average molecular weight is 306 g/mol. The summed E-state index contributed by atoms with van der Waals surface area (Å²) in [5.74, 6) is 1.60. The fourth-order valence-electron chi connectivity index (χ4n) is 2.38. The molecule has 0 spiro atoms. The smallest absolute Gasteiger partial charge is 0.138 e. The van der Waals surface area contributed by atoms with Crippen LogP contribution in [0.4, 0.5) is 5.69 Å². The van der Waals surface area contributed by atoms with Gasteiger partial charge >= 0.3 is 0 Å². The highest BCUT2D eigenvalue weighted by molar-refractivity contribution is 6.32. The molecule has 0 aliphatic carbocycles. The van der Waals surface area contributed by atoms with E-state index in [0.717, 1.165) is 11.3 Å². The number of aromatic hydroxyl groups is 1. The van der Waals surface area contributed by atoms with Crippen LogP contribution in [-0.4, -0.2) is 18.3 Å². The second-order valence-electron chi connectivity index (χ2n) is 4.81. The number of benzene rings is 2. The molecule has 4 nitrogen and oxygen atoms in total. The molecule has 0 bridgehead atoms. The Morgan fingerprint density at radius 1 is 1.33 bits per heavy atom. The van der Waals surface area contributed by atoms with Crippen LogP contribution in [0.2, 0.25) is 5.02 Å². The first-order valence-electron chi connectivity index (χ1n) is 6.82. The fraction of sp³-hybridized carbons (Fsp3) is 0.250. The van der Waals surface area contributed by atoms with Crippen LogP contribution in [-0.2, 0) is 0 Å². The zero-order valence-electron chi connectivity index (χ0n) is 11.6. The summed E-state index contributed by atoms with van der Waals surface area (Å²) in [6, 6.07) is 10.8. The lowest BCUT2D eigenvalue weighted by atomic mass is 10.1. The lowest BCUT2D eigenvalue weighted by Gasteiger charge is -2.14. The van der Waals surface area contributed by atoms with Crippen molar-refractivity contribution < 1.29 is 14.6 Å². The van der Waals surface area contributed by atoms with Gasteiger partial charge in [-0.2, -0.15) is 0 Å². The molecule has 2 N–H and O–H groups in total. The zero-order valence-corrected chi connectivity index (χ0v) is 12.4. The summed E-state index contributed by atoms with van der Waals surface area (Å²) in [7, 11) is 0. The summed E-state index contributed by atoms with van der Waals surface area (Å²) in [5, 5.41) is 13.4. The third-order valence-corrected chi connectivity index (χ3v) is 3.65. The van der Waals surface area contributed by atoms with Gasteiger partial charge in [0.1, 0.15) is 23.9 Å². The molecule has 2 aromatic carbocycles. The van der Waals surface area contributed by atoms with Gasteiger partial charge in [-0.25, -0.2) is 0 Å². The number of nitrogens with one attached hydrogen (secondary N) is 1. The van der Waals surface area contributed by atoms with Crippen LogP contribution in [0.1, 0.15) is 18.5 Å². The van der Waals surface area contributed by atoms with Crippen LogP contribution in [0.3, 0.4) is 0 Å². The van der Waals surface area contributed by atoms with E-state index < -0.39 is 0 Å². The van der Waals surface area contributed by atoms with Crippen molar-refractivity contribution >= 4 is 17.3 Å². The molecule has 1 aliphatic rings. The zero-order chi connectivity index (χ0) is 14.8. The number of hydrogen-bond donors (Lipinski definition) is 2. The maximum Gasteiger partial charge on any atom is 0.138 e. The van der Waals surface area contributed by atoms with E-state index in [2.05, 4.69) is 5.32 Å². The summed E-state index contributed by atoms with van der Waals surface area (Å²) < 4.78 is 11.0. The van der Waals surface area contributed by atoms with E-state index in [1.807, 2.05) is 31.2 Å². The Morgan fingerprint density at radius 2 is 2.19 bits per heavy atom. The summed E-state index contributed by atoms with van der Waals surface area (Å²) in [6.07, 6.45) is 0. The Bertz CT molecular complexity index is 660. The Balaban J connectivity index is 1.78. The van der Waals surface area contributed by atoms with E-state index in [1.165, 1.54) is 0 Å². The molecule has 3 rings (SSSR count). The Morgan fingerprint density at radius 3 is 2.95 bits per heavy atom. The number of phenolic OH excluding ortho intramolecular Hbond substituents is 1. The molecule has 21 heavy (non-hydrogen) atoms. The highest BCUT2D eigenvalue weighted by Crippen LogP contribution is 2.37. The Kier molecular flexibility index (Phi) is 3.80. The largest absolute Gasteiger partial charge is 0.508 e. The van der Waals surface area contributed by atoms with E-state index in [4.69, 9.17) is 21.1 Å². The molecule has 0 amide bonds. The van der Waals surface area contributed by atoms with Crippen LogP contribution in [0.15, 0.2) is 36.4 Å². The van der Waals surface area contributed by atoms with Crippen LogP contribution in [0.5, 0.6) is 17.2 Å². The van der Waals surface area contributed by atoms with Gasteiger partial charge in [0.25, 0.3) is 0 Å². The maximum absolute atomic E-state index is 9.46. The normalized spacial score (nSPS) is 16.2. The van der Waals surface area contributed by atoms with E-state index in [1.54, 1.807) is 12.1 Å². The van der Waals surface area contributed by atoms with Crippen LogP contribution in [0, 0.1) is 0 Å². The standard InChI is InChI=1S/C16H16ClNO3/c1-2-20-15-6-3-10(7-13(15)17)18-14-9-21-16-8-11(19)4-5-12(14)16/h3-8,14,18-19H,2,9H2,1H3. The van der Waals surface area contributed by atoms with Gasteiger partial charge in [-0.1, -0.05) is 11.6 Å². The number of phenols is 1. The lowest BCUT2D eigenvalue weighted by Crippen LogP contribution is -2.11. The second-order valence-corrected chi connectivity index (χ2v) is 5.22. The van der Waals surface area contributed by atoms with Crippen molar-refractivity contribution in [1.29, 1.82) is 0 Å². The van der Waals surface area contributed by atoms with Gasteiger partial charge in [0.2, 0.25) is 0 Å². The molecule has 5 heteroatoms. The first-order valence-corrected chi connectivity index (χ1v) is 7.19. The molecule has 0 saturated carbocycles. The average Bonchev–Trinajstić information content (AvgIpc) is 2.84. The highest BCUT2D eigenvalue weighted by atomic mass is 35.5. The second kappa shape index (κ2) is 5.74. The summed E-state index contributed by atoms with van der Waals surface area (Å²) >= 11 is 6.19. The molecule has 110 valence electrons. The molecule has 1 heterocycles. The number of fused-ring (bicyclic) bond motifs is 1. The predicted octanol–water partition coefficient (Wildman–Crippen LogP) is 3.99. The topological polar surface area (TPSA) is 50.7 Å². The van der Waals surface area contributed by atoms with Gasteiger partial charge in [-0.05, 0) is 37.3 Å². The maximum atomic E-state index is 9.46. The van der Waals surface area contributed by atoms with Crippen molar-refractivity contribution in [3.63, 3.8) is 0 Å². The molecular formula is C16H16ClNO3. The van der Waals surface area contributed by atoms with Crippen molar-refractivity contribution in [2.24, 2.45) is 0 Å². The highest BCUT2D eigenvalue weighted by Gasteiger charge is 2.24. The predicted molar refractivity (Wildman–Crippen MR) is 82.6 cm³/mol. The first kappa shape index (κ1) is 13.9. The van der Waals surface area contributed by atoms with Crippen molar-refractivity contribution in [3.8, 4) is 17.2 Å². The van der Waals surface area contributed by atoms with Gasteiger partial charge in [-0.3, -0.25) is 0 Å². The summed E-state index contributed by atoms with van der Waals surface area (Å²) in [4.78, 5) is 0. The van der Waals surface area contributed by atoms with Gasteiger partial charge in [0.05, 0.1) is 17.7 Å². The van der Waals surface area contributed by atoms with Gasteiger partial charge in [0.15, 0.2) is 0 Å². The summed E-state index contributed by atoms with van der Waals surface area (Å²) in [6.45, 7) is 3.02. The molecule has 1 aliphatic heterocycles. The fourth-order valence-corrected chi connectivity index (χ4v) is 2.62. The van der Waals surface area contributed by atoms with E-state index in [9.17, 15) is 5.11 Å². The van der Waals surface area contributed by atoms with Crippen LogP contribution < -0.4 is 14.8 Å². The van der Waals surface area contributed by atoms with Crippen molar-refractivity contribution in [1.82, 2.24) is 0 Å². The van der Waals surface area contributed by atoms with Crippen LogP contribution in [0.25, 0.3) is 0 Å². The minimum atomic E-state index is 0.0367. The van der Waals surface area contributed by atoms with Gasteiger partial charge < -0.3 is 19.9 Å². The third kappa shape index (κ3) is 2.85. The van der Waals surface area contributed by atoms with Crippen LogP contribution >= 0.6 is 11.6 Å². The monoisotopic (exact) mass is 305 g/mol. The molecular weight excluding hydrogens is 290 g/mol. The molecule has 0 radical (unpaired) electrons. The number of anilines is 1. The Labute approximate surface area is 128 Å². The number of halogens is 1. The third-order valence-electron chi connectivity index (χ3n) is 3.35. The van der Waals surface area contributed by atoms with Crippen molar-refractivity contribution in [2.45, 2.75) is 13.0 Å². The molecule has 0 fully saturated rings. The minimum Gasteiger partial charge on any atom is -0.508 e. The van der Waals surface area contributed by atoms with E-state index in [0.29, 0.717) is 29.7 Å². The molecule has 2 aromatic rings. The van der Waals surface area contributed by atoms with Gasteiger partial charge in [0, 0.05) is 17.3 Å². The molecule has 1 unspecified atom stereocenters. The van der Waals surface area contributed by atoms with Gasteiger partial charge in [-0.15, -0.1) is 0 Å². The SMILES string of the molecule is CCOc1ccc(NC2COc3cc(O)ccc32)cc1Cl. The first-order chi connectivity index (χ1) is 10.2. The van der Waals surface area contributed by atoms with E-state index in [-0.39, 0.29) is 11.8 Å². The van der Waals surface area contributed by atoms with E-state index >= 15 is 0 Å². The molecule has 0 saturated heterocycles.